The molecule has 4 nitrogen and oxygen atoms in total. The first-order chi connectivity index (χ1) is 13.7. The maximum Gasteiger partial charge on any atom is 0.350 e. The maximum absolute atomic E-state index is 15.1. The number of hydrogen-bond donors (Lipinski definition) is 2. The Morgan fingerprint density at radius 3 is 2.47 bits per heavy atom. The highest BCUT2D eigenvalue weighted by atomic mass is 35.5. The van der Waals surface area contributed by atoms with Crippen molar-refractivity contribution in [1.82, 2.24) is 10.0 Å². The summed E-state index contributed by atoms with van der Waals surface area (Å²) in [4.78, 5) is 0. The second kappa shape index (κ2) is 8.45. The summed E-state index contributed by atoms with van der Waals surface area (Å²) in [7, 11) is -4.76. The Balaban J connectivity index is 0.00000256. The lowest BCUT2D eigenvalue weighted by Gasteiger charge is -2.25. The van der Waals surface area contributed by atoms with Gasteiger partial charge in [0.2, 0.25) is 0 Å². The molecule has 164 valence electrons. The molecule has 1 heterocycles. The molecule has 1 aliphatic carbocycles. The van der Waals surface area contributed by atoms with Gasteiger partial charge in [-0.25, -0.2) is 21.9 Å². The van der Waals surface area contributed by atoms with Crippen LogP contribution in [0.15, 0.2) is 42.5 Å². The van der Waals surface area contributed by atoms with Crippen LogP contribution in [-0.4, -0.2) is 32.8 Å². The molecule has 1 aliphatic heterocycles. The largest absolute Gasteiger partial charge is 0.350 e. The van der Waals surface area contributed by atoms with E-state index in [4.69, 9.17) is 0 Å². The maximum atomic E-state index is 15.1. The summed E-state index contributed by atoms with van der Waals surface area (Å²) >= 11 is 0. The van der Waals surface area contributed by atoms with Crippen LogP contribution in [0.4, 0.5) is 17.6 Å². The number of benzene rings is 2. The molecule has 30 heavy (non-hydrogen) atoms. The highest BCUT2D eigenvalue weighted by Gasteiger charge is 2.57. The van der Waals surface area contributed by atoms with Crippen molar-refractivity contribution in [3.8, 4) is 11.1 Å². The predicted octanol–water partition coefficient (Wildman–Crippen LogP) is 3.86. The lowest BCUT2D eigenvalue weighted by Crippen LogP contribution is -2.49. The lowest BCUT2D eigenvalue weighted by atomic mass is 9.91. The van der Waals surface area contributed by atoms with Gasteiger partial charge in [0, 0.05) is 29.6 Å². The zero-order chi connectivity index (χ0) is 20.8. The van der Waals surface area contributed by atoms with Gasteiger partial charge in [0.05, 0.1) is 0 Å². The molecule has 0 bridgehead atoms. The SMILES string of the molecule is Cl.O=S(=O)(N[C@@H]1[C@H](Cc2cccc(-c3cccc(F)c3)c2F)NCC12CC2)C(F)F. The molecule has 1 saturated heterocycles. The first-order valence-electron chi connectivity index (χ1n) is 9.28. The number of nitrogens with one attached hydrogen (secondary N) is 2. The Hall–Kier alpha value is -1.68. The summed E-state index contributed by atoms with van der Waals surface area (Å²) in [5.74, 6) is -4.54. The quantitative estimate of drug-likeness (QED) is 0.638. The molecule has 0 amide bonds. The van der Waals surface area contributed by atoms with Crippen LogP contribution in [0.2, 0.25) is 0 Å². The Morgan fingerprint density at radius 1 is 1.13 bits per heavy atom. The minimum Gasteiger partial charge on any atom is -0.311 e. The summed E-state index contributed by atoms with van der Waals surface area (Å²) in [6.07, 6.45) is 1.56. The zero-order valence-corrected chi connectivity index (χ0v) is 17.4. The third kappa shape index (κ3) is 4.34. The molecule has 2 N–H and O–H groups in total. The number of hydrogen-bond acceptors (Lipinski definition) is 3. The summed E-state index contributed by atoms with van der Waals surface area (Å²) in [5, 5.41) is 3.17. The fourth-order valence-corrected chi connectivity index (χ4v) is 4.99. The Labute approximate surface area is 178 Å². The van der Waals surface area contributed by atoms with E-state index in [2.05, 4.69) is 10.0 Å². The number of sulfonamides is 1. The highest BCUT2D eigenvalue weighted by Crippen LogP contribution is 2.52. The van der Waals surface area contributed by atoms with Crippen molar-refractivity contribution < 1.29 is 26.0 Å². The number of rotatable bonds is 6. The molecule has 0 unspecified atom stereocenters. The molecule has 1 spiro atoms. The van der Waals surface area contributed by atoms with Crippen molar-refractivity contribution in [2.75, 3.05) is 6.54 Å². The molecule has 1 saturated carbocycles. The van der Waals surface area contributed by atoms with Crippen LogP contribution >= 0.6 is 12.4 Å². The van der Waals surface area contributed by atoms with E-state index < -0.39 is 44.9 Å². The van der Waals surface area contributed by atoms with Crippen LogP contribution in [0.3, 0.4) is 0 Å². The van der Waals surface area contributed by atoms with Crippen molar-refractivity contribution in [2.24, 2.45) is 5.41 Å². The molecule has 2 aromatic carbocycles. The summed E-state index contributed by atoms with van der Waals surface area (Å²) < 4.78 is 80.0. The van der Waals surface area contributed by atoms with E-state index in [1.54, 1.807) is 18.2 Å². The van der Waals surface area contributed by atoms with Gasteiger partial charge in [-0.05, 0) is 42.5 Å². The van der Waals surface area contributed by atoms with Gasteiger partial charge in [-0.1, -0.05) is 30.3 Å². The summed E-state index contributed by atoms with van der Waals surface area (Å²) in [6, 6.07) is 9.06. The predicted molar refractivity (Wildman–Crippen MR) is 108 cm³/mol. The van der Waals surface area contributed by atoms with Crippen LogP contribution in [0, 0.1) is 17.0 Å². The van der Waals surface area contributed by atoms with Gasteiger partial charge in [-0.15, -0.1) is 12.4 Å². The van der Waals surface area contributed by atoms with Crippen molar-refractivity contribution in [2.45, 2.75) is 37.1 Å². The fourth-order valence-electron chi connectivity index (χ4n) is 4.12. The first-order valence-corrected chi connectivity index (χ1v) is 10.8. The third-order valence-corrected chi connectivity index (χ3v) is 6.90. The van der Waals surface area contributed by atoms with E-state index in [1.807, 2.05) is 0 Å². The van der Waals surface area contributed by atoms with Crippen LogP contribution in [-0.2, 0) is 16.4 Å². The normalized spacial score (nSPS) is 22.3. The molecule has 2 fully saturated rings. The molecule has 0 radical (unpaired) electrons. The van der Waals surface area contributed by atoms with Gasteiger partial charge < -0.3 is 5.32 Å². The van der Waals surface area contributed by atoms with Crippen molar-refractivity contribution in [1.29, 1.82) is 0 Å². The van der Waals surface area contributed by atoms with E-state index >= 15 is 4.39 Å². The van der Waals surface area contributed by atoms with E-state index in [0.29, 0.717) is 17.7 Å². The average molecular weight is 465 g/mol. The molecule has 2 aliphatic rings. The van der Waals surface area contributed by atoms with Gasteiger partial charge in [0.15, 0.2) is 0 Å². The van der Waals surface area contributed by atoms with Gasteiger partial charge in [0.1, 0.15) is 11.6 Å². The number of halogens is 5. The van der Waals surface area contributed by atoms with Crippen molar-refractivity contribution >= 4 is 22.4 Å². The van der Waals surface area contributed by atoms with Crippen LogP contribution in [0.1, 0.15) is 18.4 Å². The summed E-state index contributed by atoms with van der Waals surface area (Å²) in [6.45, 7) is 0.485. The Morgan fingerprint density at radius 2 is 1.83 bits per heavy atom. The van der Waals surface area contributed by atoms with E-state index in [1.165, 1.54) is 24.3 Å². The van der Waals surface area contributed by atoms with Crippen LogP contribution < -0.4 is 10.0 Å². The standard InChI is InChI=1S/C20H20F4N2O2S.ClH/c21-14-5-1-3-12(9-14)15-6-2-4-13(17(15)22)10-16-18(20(7-8-20)11-25-16)26-29(27,28)19(23)24;/h1-6,9,16,18-19,25-26H,7-8,10-11H2;1H/t16-,18+;/m0./s1. The number of alkyl halides is 2. The molecule has 0 aromatic heterocycles. The topological polar surface area (TPSA) is 58.2 Å². The first kappa shape index (κ1) is 23.0. The monoisotopic (exact) mass is 464 g/mol. The smallest absolute Gasteiger partial charge is 0.311 e. The fraction of sp³-hybridized carbons (Fsp3) is 0.400. The van der Waals surface area contributed by atoms with Gasteiger partial charge in [-0.2, -0.15) is 8.78 Å². The van der Waals surface area contributed by atoms with Gasteiger partial charge >= 0.3 is 5.76 Å². The minimum atomic E-state index is -4.76. The summed E-state index contributed by atoms with van der Waals surface area (Å²) in [5.41, 5.74) is 0.523. The lowest BCUT2D eigenvalue weighted by molar-refractivity contribution is 0.229. The minimum absolute atomic E-state index is 0. The van der Waals surface area contributed by atoms with E-state index in [9.17, 15) is 21.6 Å². The van der Waals surface area contributed by atoms with Gasteiger partial charge in [-0.3, -0.25) is 0 Å². The van der Waals surface area contributed by atoms with Gasteiger partial charge in [0.25, 0.3) is 10.0 Å². The van der Waals surface area contributed by atoms with Crippen LogP contribution in [0.5, 0.6) is 0 Å². The molecular formula is C20H21ClF4N2O2S. The van der Waals surface area contributed by atoms with Crippen molar-refractivity contribution in [3.05, 3.63) is 59.7 Å². The third-order valence-electron chi connectivity index (χ3n) is 5.85. The Kier molecular flexibility index (Phi) is 6.48. The van der Waals surface area contributed by atoms with E-state index in [0.717, 1.165) is 12.8 Å². The second-order valence-corrected chi connectivity index (χ2v) is 9.43. The Bertz CT molecular complexity index is 1030. The molecular weight excluding hydrogens is 444 g/mol. The van der Waals surface area contributed by atoms with Crippen LogP contribution in [0.25, 0.3) is 11.1 Å². The average Bonchev–Trinajstić information content (AvgIpc) is 3.38. The molecule has 2 atom stereocenters. The van der Waals surface area contributed by atoms with E-state index in [-0.39, 0.29) is 24.4 Å². The molecule has 10 heteroatoms. The highest BCUT2D eigenvalue weighted by molar-refractivity contribution is 7.89. The zero-order valence-electron chi connectivity index (χ0n) is 15.7. The second-order valence-electron chi connectivity index (χ2n) is 7.74. The molecule has 2 aromatic rings. The van der Waals surface area contributed by atoms with Crippen molar-refractivity contribution in [3.63, 3.8) is 0 Å². The molecule has 4 rings (SSSR count).